The number of carbonyl (C=O) groups is 3. The van der Waals surface area contributed by atoms with Crippen molar-refractivity contribution in [1.29, 1.82) is 0 Å². The number of carboxylic acids is 1. The molecule has 2 aromatic rings. The molecular formula is C25H28N2O5S. The number of hydrogen-bond acceptors (Lipinski definition) is 5. The number of thioether (sulfide) groups is 1. The second kappa shape index (κ2) is 10.3. The third-order valence-corrected chi connectivity index (χ3v) is 7.45. The summed E-state index contributed by atoms with van der Waals surface area (Å²) in [5, 5.41) is 11.4. The number of ether oxygens (including phenoxy) is 1. The van der Waals surface area contributed by atoms with Gasteiger partial charge in [0.25, 0.3) is 0 Å². The van der Waals surface area contributed by atoms with Crippen molar-refractivity contribution in [2.75, 3.05) is 25.4 Å². The zero-order chi connectivity index (χ0) is 23.4. The highest BCUT2D eigenvalue weighted by atomic mass is 32.2. The van der Waals surface area contributed by atoms with Crippen LogP contribution in [-0.2, 0) is 14.3 Å². The minimum absolute atomic E-state index is 0.0244. The Bertz CT molecular complexity index is 997. The van der Waals surface area contributed by atoms with E-state index in [9.17, 15) is 19.5 Å². The number of nitrogens with zero attached hydrogens (tertiary/aromatic N) is 1. The number of rotatable bonds is 7. The molecule has 0 spiro atoms. The highest BCUT2D eigenvalue weighted by molar-refractivity contribution is 8.00. The Labute approximate surface area is 197 Å². The van der Waals surface area contributed by atoms with Gasteiger partial charge in [0.1, 0.15) is 11.9 Å². The molecule has 8 heteroatoms. The van der Waals surface area contributed by atoms with E-state index in [1.165, 1.54) is 22.9 Å². The number of aliphatic carboxylic acids is 1. The molecule has 2 atom stereocenters. The van der Waals surface area contributed by atoms with Crippen molar-refractivity contribution in [3.8, 4) is 11.1 Å². The summed E-state index contributed by atoms with van der Waals surface area (Å²) in [5.74, 6) is -0.475. The Morgan fingerprint density at radius 2 is 1.76 bits per heavy atom. The summed E-state index contributed by atoms with van der Waals surface area (Å²) in [6, 6.07) is 15.9. The SMILES string of the molecule is CC[C@@H](CC(=O)N1CCSC(C(=O)O)C1)NC(=O)OCC1c2ccccc2-c2ccccc21. The van der Waals surface area contributed by atoms with Crippen molar-refractivity contribution in [3.63, 3.8) is 0 Å². The van der Waals surface area contributed by atoms with E-state index >= 15 is 0 Å². The fourth-order valence-electron chi connectivity index (χ4n) is 4.47. The Morgan fingerprint density at radius 3 is 2.36 bits per heavy atom. The minimum Gasteiger partial charge on any atom is -0.480 e. The number of amides is 2. The lowest BCUT2D eigenvalue weighted by molar-refractivity contribution is -0.138. The van der Waals surface area contributed by atoms with E-state index in [0.717, 1.165) is 11.1 Å². The molecule has 0 radical (unpaired) electrons. The number of hydrogen-bond donors (Lipinski definition) is 2. The molecule has 1 aliphatic carbocycles. The fraction of sp³-hybridized carbons (Fsp3) is 0.400. The highest BCUT2D eigenvalue weighted by Gasteiger charge is 2.31. The molecule has 2 amide bonds. The number of nitrogens with one attached hydrogen (secondary N) is 1. The van der Waals surface area contributed by atoms with Crippen LogP contribution in [0.4, 0.5) is 4.79 Å². The smallest absolute Gasteiger partial charge is 0.407 e. The van der Waals surface area contributed by atoms with Gasteiger partial charge in [-0.25, -0.2) is 4.79 Å². The molecule has 0 saturated carbocycles. The topological polar surface area (TPSA) is 95.9 Å². The molecule has 33 heavy (non-hydrogen) atoms. The van der Waals surface area contributed by atoms with Crippen molar-refractivity contribution in [1.82, 2.24) is 10.2 Å². The van der Waals surface area contributed by atoms with Crippen molar-refractivity contribution in [2.24, 2.45) is 0 Å². The van der Waals surface area contributed by atoms with Gasteiger partial charge in [0.05, 0.1) is 0 Å². The monoisotopic (exact) mass is 468 g/mol. The van der Waals surface area contributed by atoms with Crippen LogP contribution in [0.25, 0.3) is 11.1 Å². The Morgan fingerprint density at radius 1 is 1.12 bits per heavy atom. The van der Waals surface area contributed by atoms with Crippen molar-refractivity contribution >= 4 is 29.7 Å². The van der Waals surface area contributed by atoms with E-state index < -0.39 is 17.3 Å². The predicted octanol–water partition coefficient (Wildman–Crippen LogP) is 3.72. The first-order valence-electron chi connectivity index (χ1n) is 11.2. The van der Waals surface area contributed by atoms with Gasteiger partial charge < -0.3 is 20.1 Å². The average Bonchev–Trinajstić information content (AvgIpc) is 3.16. The summed E-state index contributed by atoms with van der Waals surface area (Å²) < 4.78 is 5.59. The molecule has 1 saturated heterocycles. The number of alkyl carbamates (subject to hydrolysis) is 1. The number of benzene rings is 2. The van der Waals surface area contributed by atoms with E-state index in [1.54, 1.807) is 4.90 Å². The zero-order valence-corrected chi connectivity index (χ0v) is 19.3. The van der Waals surface area contributed by atoms with E-state index in [1.807, 2.05) is 31.2 Å². The third-order valence-electron chi connectivity index (χ3n) is 6.27. The van der Waals surface area contributed by atoms with Crippen LogP contribution in [0.2, 0.25) is 0 Å². The first-order chi connectivity index (χ1) is 16.0. The largest absolute Gasteiger partial charge is 0.480 e. The zero-order valence-electron chi connectivity index (χ0n) is 18.5. The third kappa shape index (κ3) is 5.16. The molecule has 174 valence electrons. The van der Waals surface area contributed by atoms with Gasteiger partial charge in [0.15, 0.2) is 0 Å². The average molecular weight is 469 g/mol. The normalized spacial score (nSPS) is 18.2. The summed E-state index contributed by atoms with van der Waals surface area (Å²) >= 11 is 1.35. The highest BCUT2D eigenvalue weighted by Crippen LogP contribution is 2.44. The number of carboxylic acid groups (broad SMARTS) is 1. The maximum absolute atomic E-state index is 12.7. The molecule has 2 N–H and O–H groups in total. The maximum atomic E-state index is 12.7. The van der Waals surface area contributed by atoms with Gasteiger partial charge in [-0.1, -0.05) is 55.5 Å². The minimum atomic E-state index is -0.902. The second-order valence-electron chi connectivity index (χ2n) is 8.32. The predicted molar refractivity (Wildman–Crippen MR) is 127 cm³/mol. The molecule has 1 fully saturated rings. The molecular weight excluding hydrogens is 440 g/mol. The van der Waals surface area contributed by atoms with Crippen LogP contribution in [0.3, 0.4) is 0 Å². The van der Waals surface area contributed by atoms with Gasteiger partial charge in [0.2, 0.25) is 5.91 Å². The molecule has 1 unspecified atom stereocenters. The van der Waals surface area contributed by atoms with Gasteiger partial charge in [-0.2, -0.15) is 0 Å². The van der Waals surface area contributed by atoms with E-state index in [-0.39, 0.29) is 37.4 Å². The fourth-order valence-corrected chi connectivity index (χ4v) is 5.51. The lowest BCUT2D eigenvalue weighted by Crippen LogP contribution is -2.47. The molecule has 1 heterocycles. The standard InChI is InChI=1S/C25H28N2O5S/c1-2-16(13-23(28)27-11-12-33-22(14-27)24(29)30)26-25(31)32-15-21-19-9-5-3-7-17(19)18-8-4-6-10-20(18)21/h3-10,16,21-22H,2,11-15H2,1H3,(H,26,31)(H,29,30)/t16-,22?/m0/s1. The Kier molecular flexibility index (Phi) is 7.23. The quantitative estimate of drug-likeness (QED) is 0.643. The second-order valence-corrected chi connectivity index (χ2v) is 9.63. The van der Waals surface area contributed by atoms with Gasteiger partial charge in [-0.05, 0) is 28.7 Å². The van der Waals surface area contributed by atoms with Gasteiger partial charge in [0, 0.05) is 37.2 Å². The summed E-state index contributed by atoms with van der Waals surface area (Å²) in [4.78, 5) is 38.1. The van der Waals surface area contributed by atoms with Crippen LogP contribution >= 0.6 is 11.8 Å². The van der Waals surface area contributed by atoms with Crippen molar-refractivity contribution in [2.45, 2.75) is 37.0 Å². The molecule has 7 nitrogen and oxygen atoms in total. The van der Waals surface area contributed by atoms with Gasteiger partial charge >= 0.3 is 12.1 Å². The van der Waals surface area contributed by atoms with Crippen LogP contribution in [0.5, 0.6) is 0 Å². The van der Waals surface area contributed by atoms with Crippen LogP contribution in [0.15, 0.2) is 48.5 Å². The van der Waals surface area contributed by atoms with Gasteiger partial charge in [-0.3, -0.25) is 9.59 Å². The van der Waals surface area contributed by atoms with Crippen LogP contribution in [0.1, 0.15) is 36.8 Å². The summed E-state index contributed by atoms with van der Waals surface area (Å²) in [6.07, 6.45) is 0.146. The first-order valence-corrected chi connectivity index (χ1v) is 12.3. The maximum Gasteiger partial charge on any atom is 0.407 e. The number of fused-ring (bicyclic) bond motifs is 3. The molecule has 0 aromatic heterocycles. The van der Waals surface area contributed by atoms with E-state index in [0.29, 0.717) is 18.7 Å². The molecule has 1 aliphatic heterocycles. The summed E-state index contributed by atoms with van der Waals surface area (Å²) in [7, 11) is 0. The van der Waals surface area contributed by atoms with E-state index in [2.05, 4.69) is 29.6 Å². The molecule has 0 bridgehead atoms. The Balaban J connectivity index is 1.33. The lowest BCUT2D eigenvalue weighted by atomic mass is 9.98. The Hall–Kier alpha value is -3.00. The van der Waals surface area contributed by atoms with Crippen LogP contribution in [0, 0.1) is 0 Å². The molecule has 4 rings (SSSR count). The summed E-state index contributed by atoms with van der Waals surface area (Å²) in [6.45, 7) is 2.83. The summed E-state index contributed by atoms with van der Waals surface area (Å²) in [5.41, 5.74) is 4.62. The van der Waals surface area contributed by atoms with Crippen molar-refractivity contribution in [3.05, 3.63) is 59.7 Å². The molecule has 2 aromatic carbocycles. The lowest BCUT2D eigenvalue weighted by Gasteiger charge is -2.31. The van der Waals surface area contributed by atoms with Crippen LogP contribution < -0.4 is 5.32 Å². The molecule has 2 aliphatic rings. The van der Waals surface area contributed by atoms with Crippen molar-refractivity contribution < 1.29 is 24.2 Å². The first kappa shape index (κ1) is 23.2. The van der Waals surface area contributed by atoms with E-state index in [4.69, 9.17) is 4.74 Å². The van der Waals surface area contributed by atoms with Gasteiger partial charge in [-0.15, -0.1) is 11.8 Å². The van der Waals surface area contributed by atoms with Crippen LogP contribution in [-0.4, -0.2) is 64.7 Å². The number of carbonyl (C=O) groups excluding carboxylic acids is 2.